The predicted octanol–water partition coefficient (Wildman–Crippen LogP) is 4.04. The maximum absolute atomic E-state index is 11.1. The normalized spacial score (nSPS) is 12.3. The number of hydrogen-bond donors (Lipinski definition) is 0. The molecule has 0 aliphatic rings. The van der Waals surface area contributed by atoms with Gasteiger partial charge >= 0.3 is 11.9 Å². The molecule has 4 nitrogen and oxygen atoms in total. The summed E-state index contributed by atoms with van der Waals surface area (Å²) in [4.78, 5) is 22.0. The van der Waals surface area contributed by atoms with Crippen molar-refractivity contribution in [1.29, 1.82) is 0 Å². The van der Waals surface area contributed by atoms with Crippen LogP contribution in [-0.4, -0.2) is 26.2 Å². The van der Waals surface area contributed by atoms with Crippen molar-refractivity contribution in [3.63, 3.8) is 0 Å². The van der Waals surface area contributed by atoms with Gasteiger partial charge in [0.05, 0.1) is 14.2 Å². The Bertz CT molecular complexity index is 310. The molecular weight excluding hydrogens is 268 g/mol. The second-order valence-corrected chi connectivity index (χ2v) is 5.48. The molecule has 0 N–H and O–H groups in total. The number of unbranched alkanes of at least 4 members (excludes halogenated alkanes) is 5. The third-order valence-electron chi connectivity index (χ3n) is 3.43. The third kappa shape index (κ3) is 13.4. The summed E-state index contributed by atoms with van der Waals surface area (Å²) in [7, 11) is 2.86. The van der Waals surface area contributed by atoms with Crippen LogP contribution in [0.2, 0.25) is 0 Å². The van der Waals surface area contributed by atoms with E-state index in [1.807, 2.05) is 0 Å². The zero-order valence-electron chi connectivity index (χ0n) is 13.7. The number of carbonyl (C=O) groups excluding carboxylic acids is 2. The first-order valence-corrected chi connectivity index (χ1v) is 7.88. The van der Waals surface area contributed by atoms with Crippen LogP contribution in [0.4, 0.5) is 0 Å². The highest BCUT2D eigenvalue weighted by molar-refractivity contribution is 5.69. The number of allylic oxidation sites excluding steroid dienone is 2. The first-order chi connectivity index (χ1) is 10.1. The van der Waals surface area contributed by atoms with Gasteiger partial charge in [0.2, 0.25) is 0 Å². The summed E-state index contributed by atoms with van der Waals surface area (Å²) in [6.07, 6.45) is 13.0. The van der Waals surface area contributed by atoms with Crippen LogP contribution in [0.25, 0.3) is 0 Å². The average Bonchev–Trinajstić information content (AvgIpc) is 2.48. The Morgan fingerprint density at radius 1 is 0.905 bits per heavy atom. The van der Waals surface area contributed by atoms with Crippen LogP contribution in [0.1, 0.15) is 64.7 Å². The monoisotopic (exact) mass is 298 g/mol. The number of esters is 2. The fourth-order valence-corrected chi connectivity index (χ4v) is 2.06. The van der Waals surface area contributed by atoms with Crippen LogP contribution in [0, 0.1) is 5.92 Å². The molecule has 0 saturated heterocycles. The minimum atomic E-state index is -0.136. The summed E-state index contributed by atoms with van der Waals surface area (Å²) >= 11 is 0. The topological polar surface area (TPSA) is 52.6 Å². The lowest BCUT2D eigenvalue weighted by atomic mass is 10.0. The quantitative estimate of drug-likeness (QED) is 0.310. The first kappa shape index (κ1) is 19.7. The van der Waals surface area contributed by atoms with Crippen molar-refractivity contribution >= 4 is 11.9 Å². The molecule has 0 fully saturated rings. The van der Waals surface area contributed by atoms with Gasteiger partial charge in [-0.3, -0.25) is 9.59 Å². The molecule has 4 heteroatoms. The van der Waals surface area contributed by atoms with Crippen molar-refractivity contribution in [3.05, 3.63) is 12.2 Å². The highest BCUT2D eigenvalue weighted by Crippen LogP contribution is 2.11. The molecule has 122 valence electrons. The van der Waals surface area contributed by atoms with E-state index < -0.39 is 0 Å². The van der Waals surface area contributed by atoms with E-state index in [0.717, 1.165) is 25.7 Å². The molecule has 0 aromatic heterocycles. The predicted molar refractivity (Wildman–Crippen MR) is 83.9 cm³/mol. The standard InChI is InChI=1S/C17H30O4/c1-15(14-17(19)21-3)12-10-8-6-4-5-7-9-11-13-16(18)20-2/h8,10,15H,4-7,9,11-14H2,1-3H3/b10-8-. The van der Waals surface area contributed by atoms with Crippen molar-refractivity contribution < 1.29 is 19.1 Å². The molecule has 0 aliphatic heterocycles. The van der Waals surface area contributed by atoms with Gasteiger partial charge in [0.1, 0.15) is 0 Å². The Hall–Kier alpha value is -1.32. The van der Waals surface area contributed by atoms with Gasteiger partial charge in [0, 0.05) is 12.8 Å². The number of methoxy groups -OCH3 is 2. The lowest BCUT2D eigenvalue weighted by Gasteiger charge is -2.06. The maximum Gasteiger partial charge on any atom is 0.305 e. The van der Waals surface area contributed by atoms with Crippen LogP contribution >= 0.6 is 0 Å². The molecule has 0 saturated carbocycles. The largest absolute Gasteiger partial charge is 0.469 e. The van der Waals surface area contributed by atoms with E-state index in [9.17, 15) is 9.59 Å². The Labute approximate surface area is 128 Å². The molecule has 0 rings (SSSR count). The molecule has 0 aromatic carbocycles. The molecular formula is C17H30O4. The molecule has 0 aromatic rings. The minimum Gasteiger partial charge on any atom is -0.469 e. The summed E-state index contributed by atoms with van der Waals surface area (Å²) in [5, 5.41) is 0. The molecule has 0 bridgehead atoms. The summed E-state index contributed by atoms with van der Waals surface area (Å²) in [5.41, 5.74) is 0. The molecule has 0 amide bonds. The van der Waals surface area contributed by atoms with Crippen molar-refractivity contribution in [2.75, 3.05) is 14.2 Å². The first-order valence-electron chi connectivity index (χ1n) is 7.88. The van der Waals surface area contributed by atoms with E-state index in [1.165, 1.54) is 33.5 Å². The van der Waals surface area contributed by atoms with Gasteiger partial charge in [0.25, 0.3) is 0 Å². The Morgan fingerprint density at radius 3 is 2.19 bits per heavy atom. The van der Waals surface area contributed by atoms with Crippen molar-refractivity contribution in [2.45, 2.75) is 64.7 Å². The second kappa shape index (κ2) is 13.7. The minimum absolute atomic E-state index is 0.112. The van der Waals surface area contributed by atoms with Crippen molar-refractivity contribution in [1.82, 2.24) is 0 Å². The molecule has 0 heterocycles. The Morgan fingerprint density at radius 2 is 1.52 bits per heavy atom. The summed E-state index contributed by atoms with van der Waals surface area (Å²) in [5.74, 6) is 0.0916. The van der Waals surface area contributed by atoms with Crippen LogP contribution in [0.15, 0.2) is 12.2 Å². The van der Waals surface area contributed by atoms with E-state index in [4.69, 9.17) is 0 Å². The zero-order chi connectivity index (χ0) is 15.9. The van der Waals surface area contributed by atoms with Gasteiger partial charge in [-0.25, -0.2) is 0 Å². The fraction of sp³-hybridized carbons (Fsp3) is 0.765. The van der Waals surface area contributed by atoms with E-state index >= 15 is 0 Å². The number of ether oxygens (including phenoxy) is 2. The van der Waals surface area contributed by atoms with Crippen molar-refractivity contribution in [2.24, 2.45) is 5.92 Å². The second-order valence-electron chi connectivity index (χ2n) is 5.48. The Balaban J connectivity index is 3.36. The molecule has 0 spiro atoms. The van der Waals surface area contributed by atoms with E-state index in [0.29, 0.717) is 18.8 Å². The lowest BCUT2D eigenvalue weighted by Crippen LogP contribution is -2.06. The van der Waals surface area contributed by atoms with Gasteiger partial charge < -0.3 is 9.47 Å². The number of rotatable bonds is 12. The highest BCUT2D eigenvalue weighted by atomic mass is 16.5. The van der Waals surface area contributed by atoms with Crippen LogP contribution in [-0.2, 0) is 19.1 Å². The van der Waals surface area contributed by atoms with Gasteiger partial charge in [-0.1, -0.05) is 38.3 Å². The molecule has 1 unspecified atom stereocenters. The third-order valence-corrected chi connectivity index (χ3v) is 3.43. The molecule has 21 heavy (non-hydrogen) atoms. The highest BCUT2D eigenvalue weighted by Gasteiger charge is 2.06. The maximum atomic E-state index is 11.1. The number of hydrogen-bond acceptors (Lipinski definition) is 4. The van der Waals surface area contributed by atoms with Crippen LogP contribution in [0.3, 0.4) is 0 Å². The van der Waals surface area contributed by atoms with Gasteiger partial charge in [-0.05, 0) is 31.6 Å². The van der Waals surface area contributed by atoms with E-state index in [2.05, 4.69) is 28.5 Å². The van der Waals surface area contributed by atoms with E-state index in [-0.39, 0.29) is 11.9 Å². The van der Waals surface area contributed by atoms with Crippen LogP contribution < -0.4 is 0 Å². The molecule has 0 aliphatic carbocycles. The van der Waals surface area contributed by atoms with Gasteiger partial charge in [-0.2, -0.15) is 0 Å². The lowest BCUT2D eigenvalue weighted by molar-refractivity contribution is -0.142. The van der Waals surface area contributed by atoms with Crippen molar-refractivity contribution in [3.8, 4) is 0 Å². The van der Waals surface area contributed by atoms with Gasteiger partial charge in [-0.15, -0.1) is 0 Å². The summed E-state index contributed by atoms with van der Waals surface area (Å²) in [6, 6.07) is 0. The van der Waals surface area contributed by atoms with Gasteiger partial charge in [0.15, 0.2) is 0 Å². The van der Waals surface area contributed by atoms with E-state index in [1.54, 1.807) is 0 Å². The zero-order valence-corrected chi connectivity index (χ0v) is 13.7. The smallest absolute Gasteiger partial charge is 0.305 e. The van der Waals surface area contributed by atoms with Crippen LogP contribution in [0.5, 0.6) is 0 Å². The SMILES string of the molecule is COC(=O)CCCCCCC/C=C\CC(C)CC(=O)OC. The summed E-state index contributed by atoms with van der Waals surface area (Å²) in [6.45, 7) is 2.06. The number of carbonyl (C=O) groups is 2. The summed E-state index contributed by atoms with van der Waals surface area (Å²) < 4.78 is 9.24. The molecule has 1 atom stereocenters. The fourth-order valence-electron chi connectivity index (χ4n) is 2.06. The Kier molecular flexibility index (Phi) is 12.8. The average molecular weight is 298 g/mol. The molecule has 0 radical (unpaired) electrons.